The van der Waals surface area contributed by atoms with Crippen LogP contribution in [-0.2, 0) is 16.3 Å². The molecule has 0 aliphatic heterocycles. The third-order valence-corrected chi connectivity index (χ3v) is 5.75. The zero-order chi connectivity index (χ0) is 18.8. The van der Waals surface area contributed by atoms with Crippen molar-refractivity contribution < 1.29 is 18.1 Å². The number of amides is 1. The van der Waals surface area contributed by atoms with Crippen LogP contribution in [0.3, 0.4) is 0 Å². The smallest absolute Gasteiger partial charge is 0.267 e. The second kappa shape index (κ2) is 6.94. The molecule has 2 rings (SSSR count). The van der Waals surface area contributed by atoms with Crippen molar-refractivity contribution in [1.82, 2.24) is 0 Å². The third kappa shape index (κ3) is 3.34. The molecule has 0 atom stereocenters. The minimum atomic E-state index is -4.13. The van der Waals surface area contributed by atoms with Gasteiger partial charge in [-0.05, 0) is 43.3 Å². The molecule has 130 valence electrons. The van der Waals surface area contributed by atoms with Crippen molar-refractivity contribution in [2.24, 2.45) is 4.99 Å². The van der Waals surface area contributed by atoms with Crippen LogP contribution in [0.5, 0.6) is 0 Å². The quantitative estimate of drug-likeness (QED) is 0.462. The molecule has 8 heteroatoms. The summed E-state index contributed by atoms with van der Waals surface area (Å²) in [6, 6.07) is 8.37. The van der Waals surface area contributed by atoms with Gasteiger partial charge in [-0.25, -0.2) is 13.4 Å². The van der Waals surface area contributed by atoms with E-state index in [-0.39, 0.29) is 10.5 Å². The lowest BCUT2D eigenvalue weighted by atomic mass is 10.0. The first kappa shape index (κ1) is 18.5. The molecule has 25 heavy (non-hydrogen) atoms. The van der Waals surface area contributed by atoms with Gasteiger partial charge in [0, 0.05) is 6.07 Å². The minimum Gasteiger partial charge on any atom is -0.267 e. The number of nitro benzene ring substituents is 1. The van der Waals surface area contributed by atoms with E-state index in [1.165, 1.54) is 12.1 Å². The van der Waals surface area contributed by atoms with Crippen LogP contribution in [0.25, 0.3) is 0 Å². The van der Waals surface area contributed by atoms with Gasteiger partial charge >= 0.3 is 0 Å². The first-order valence-corrected chi connectivity index (χ1v) is 8.85. The zero-order valence-corrected chi connectivity index (χ0v) is 14.5. The second-order valence-corrected chi connectivity index (χ2v) is 7.21. The van der Waals surface area contributed by atoms with Gasteiger partial charge in [0.2, 0.25) is 9.84 Å². The number of hydrogen-bond acceptors (Lipinski definition) is 5. The fraction of sp³-hybridized carbons (Fsp3) is 0.176. The topological polar surface area (TPSA) is 107 Å². The van der Waals surface area contributed by atoms with Crippen LogP contribution in [0.4, 0.5) is 5.69 Å². The number of carbonyl (C=O) groups excluding carboxylic acids is 1. The molecule has 7 nitrogen and oxygen atoms in total. The summed E-state index contributed by atoms with van der Waals surface area (Å²) < 4.78 is 25.9. The molecule has 2 aromatic rings. The van der Waals surface area contributed by atoms with Gasteiger partial charge < -0.3 is 0 Å². The Hall–Kier alpha value is -2.87. The number of aryl methyl sites for hydroxylation is 2. The number of sulfone groups is 1. The van der Waals surface area contributed by atoms with Gasteiger partial charge in [0.25, 0.3) is 11.6 Å². The van der Waals surface area contributed by atoms with E-state index in [0.717, 1.165) is 6.07 Å². The van der Waals surface area contributed by atoms with E-state index in [4.69, 9.17) is 0 Å². The van der Waals surface area contributed by atoms with Crippen LogP contribution in [0, 0.1) is 17.0 Å². The average molecular weight is 360 g/mol. The maximum absolute atomic E-state index is 13.0. The summed E-state index contributed by atoms with van der Waals surface area (Å²) in [5.74, 6) is -0.736. The van der Waals surface area contributed by atoms with E-state index < -0.39 is 31.3 Å². The molecule has 0 bridgehead atoms. The summed E-state index contributed by atoms with van der Waals surface area (Å²) in [7, 11) is -4.13. The van der Waals surface area contributed by atoms with Gasteiger partial charge in [-0.15, -0.1) is 0 Å². The summed E-state index contributed by atoms with van der Waals surface area (Å²) in [6.45, 7) is 6.45. The van der Waals surface area contributed by atoms with E-state index in [9.17, 15) is 23.3 Å². The SMILES string of the molecule is C=NC(=O)c1cc([N+](=O)[O-])c(S(=O)(=O)c2ccccc2C)cc1CC. The maximum atomic E-state index is 13.0. The van der Waals surface area contributed by atoms with Crippen LogP contribution < -0.4 is 0 Å². The highest BCUT2D eigenvalue weighted by molar-refractivity contribution is 7.91. The minimum absolute atomic E-state index is 0.0129. The molecule has 0 unspecified atom stereocenters. The standard InChI is InChI=1S/C17H16N2O5S/c1-4-12-9-16(14(19(21)22)10-13(12)17(20)18-3)25(23,24)15-8-6-5-7-11(15)2/h5-10H,3-4H2,1-2H3. The lowest BCUT2D eigenvalue weighted by Gasteiger charge is -2.11. The largest absolute Gasteiger partial charge is 0.289 e. The molecule has 0 spiro atoms. The van der Waals surface area contributed by atoms with E-state index in [2.05, 4.69) is 11.7 Å². The molecule has 0 aliphatic rings. The Balaban J connectivity index is 2.85. The predicted octanol–water partition coefficient (Wildman–Crippen LogP) is 3.14. The highest BCUT2D eigenvalue weighted by Crippen LogP contribution is 2.33. The Morgan fingerprint density at radius 2 is 1.88 bits per heavy atom. The van der Waals surface area contributed by atoms with E-state index in [1.807, 2.05) is 0 Å². The van der Waals surface area contributed by atoms with Gasteiger partial charge in [0.1, 0.15) is 4.90 Å². The van der Waals surface area contributed by atoms with Crippen molar-refractivity contribution in [3.8, 4) is 0 Å². The second-order valence-electron chi connectivity index (χ2n) is 5.32. The fourth-order valence-electron chi connectivity index (χ4n) is 2.52. The number of nitrogens with zero attached hydrogens (tertiary/aromatic N) is 2. The van der Waals surface area contributed by atoms with Crippen LogP contribution in [0.1, 0.15) is 28.4 Å². The Kier molecular flexibility index (Phi) is 5.13. The van der Waals surface area contributed by atoms with Crippen LogP contribution in [0.15, 0.2) is 51.2 Å². The first-order valence-electron chi connectivity index (χ1n) is 7.37. The summed E-state index contributed by atoms with van der Waals surface area (Å²) in [4.78, 5) is 25.3. The van der Waals surface area contributed by atoms with E-state index in [1.54, 1.807) is 32.0 Å². The summed E-state index contributed by atoms with van der Waals surface area (Å²) >= 11 is 0. The van der Waals surface area contributed by atoms with Crippen molar-refractivity contribution >= 4 is 28.1 Å². The highest BCUT2D eigenvalue weighted by atomic mass is 32.2. The van der Waals surface area contributed by atoms with E-state index >= 15 is 0 Å². The van der Waals surface area contributed by atoms with Crippen molar-refractivity contribution in [2.75, 3.05) is 0 Å². The molecule has 2 aromatic carbocycles. The number of nitro groups is 1. The zero-order valence-electron chi connectivity index (χ0n) is 13.7. The summed E-state index contributed by atoms with van der Waals surface area (Å²) in [5.41, 5.74) is 0.151. The number of carbonyl (C=O) groups is 1. The Bertz CT molecular complexity index is 981. The monoisotopic (exact) mass is 360 g/mol. The molecular formula is C17H16N2O5S. The lowest BCUT2D eigenvalue weighted by Crippen LogP contribution is -2.11. The molecule has 0 aliphatic carbocycles. The molecule has 1 amide bonds. The number of hydrogen-bond donors (Lipinski definition) is 0. The number of benzene rings is 2. The number of aliphatic imine (C=N–C) groups is 1. The molecule has 0 heterocycles. The van der Waals surface area contributed by atoms with Gasteiger partial charge in [0.15, 0.2) is 0 Å². The molecule has 0 aromatic heterocycles. The van der Waals surface area contributed by atoms with Crippen molar-refractivity contribution in [2.45, 2.75) is 30.1 Å². The van der Waals surface area contributed by atoms with Gasteiger partial charge in [-0.2, -0.15) is 0 Å². The normalized spacial score (nSPS) is 11.1. The molecule has 0 fully saturated rings. The molecule has 0 saturated heterocycles. The van der Waals surface area contributed by atoms with Crippen molar-refractivity contribution in [1.29, 1.82) is 0 Å². The van der Waals surface area contributed by atoms with Gasteiger partial charge in [-0.3, -0.25) is 14.9 Å². The first-order chi connectivity index (χ1) is 11.7. The van der Waals surface area contributed by atoms with E-state index in [0.29, 0.717) is 17.5 Å². The van der Waals surface area contributed by atoms with Crippen molar-refractivity contribution in [3.05, 3.63) is 63.2 Å². The van der Waals surface area contributed by atoms with Gasteiger partial charge in [-0.1, -0.05) is 25.1 Å². The molecule has 0 radical (unpaired) electrons. The lowest BCUT2D eigenvalue weighted by molar-refractivity contribution is -0.387. The molecule has 0 N–H and O–H groups in total. The highest BCUT2D eigenvalue weighted by Gasteiger charge is 2.31. The van der Waals surface area contributed by atoms with Crippen molar-refractivity contribution in [3.63, 3.8) is 0 Å². The molecule has 0 saturated carbocycles. The van der Waals surface area contributed by atoms with Gasteiger partial charge in [0.05, 0.1) is 15.4 Å². The van der Waals surface area contributed by atoms with Crippen LogP contribution >= 0.6 is 0 Å². The summed E-state index contributed by atoms with van der Waals surface area (Å²) in [6.07, 6.45) is 0.310. The fourth-order valence-corrected chi connectivity index (χ4v) is 4.21. The predicted molar refractivity (Wildman–Crippen MR) is 93.0 cm³/mol. The van der Waals surface area contributed by atoms with Crippen LogP contribution in [-0.4, -0.2) is 26.0 Å². The maximum Gasteiger partial charge on any atom is 0.289 e. The molecular weight excluding hydrogens is 344 g/mol. The Labute approximate surface area is 145 Å². The van der Waals surface area contributed by atoms with Crippen LogP contribution in [0.2, 0.25) is 0 Å². The number of rotatable bonds is 5. The Morgan fingerprint density at radius 1 is 1.24 bits per heavy atom. The Morgan fingerprint density at radius 3 is 2.40 bits per heavy atom. The third-order valence-electron chi connectivity index (χ3n) is 3.81. The average Bonchev–Trinajstić information content (AvgIpc) is 2.59. The summed E-state index contributed by atoms with van der Waals surface area (Å²) in [5, 5.41) is 11.4.